The van der Waals surface area contributed by atoms with Crippen LogP contribution in [0.1, 0.15) is 53.2 Å². The number of carbonyl (C=O) groups is 2. The first-order valence-electron chi connectivity index (χ1n) is 10.6. The fraction of sp³-hybridized carbons (Fsp3) is 0.522. The average Bonchev–Trinajstić information content (AvgIpc) is 3.26. The van der Waals surface area contributed by atoms with Gasteiger partial charge >= 0.3 is 0 Å². The molecule has 31 heavy (non-hydrogen) atoms. The Morgan fingerprint density at radius 1 is 1.13 bits per heavy atom. The van der Waals surface area contributed by atoms with Crippen molar-refractivity contribution in [3.05, 3.63) is 52.0 Å². The first-order chi connectivity index (χ1) is 15.1. The molecular weight excluding hydrogens is 414 g/mol. The number of ether oxygens (including phenoxy) is 2. The maximum atomic E-state index is 13.4. The van der Waals surface area contributed by atoms with Crippen LogP contribution in [0.25, 0.3) is 0 Å². The Kier molecular flexibility index (Phi) is 11.2. The molecule has 1 aromatic heterocycles. The lowest BCUT2D eigenvalue weighted by Gasteiger charge is -2.26. The molecule has 7 nitrogen and oxygen atoms in total. The van der Waals surface area contributed by atoms with E-state index in [9.17, 15) is 9.59 Å². The van der Waals surface area contributed by atoms with E-state index in [0.717, 1.165) is 29.8 Å². The van der Waals surface area contributed by atoms with E-state index in [4.69, 9.17) is 9.47 Å². The van der Waals surface area contributed by atoms with E-state index in [1.54, 1.807) is 19.6 Å². The van der Waals surface area contributed by atoms with Crippen molar-refractivity contribution in [1.82, 2.24) is 15.2 Å². The van der Waals surface area contributed by atoms with Gasteiger partial charge in [-0.25, -0.2) is 4.98 Å². The number of rotatable bonds is 14. The minimum atomic E-state index is -0.202. The number of aromatic nitrogens is 1. The van der Waals surface area contributed by atoms with Gasteiger partial charge < -0.3 is 19.7 Å². The van der Waals surface area contributed by atoms with Crippen molar-refractivity contribution in [1.29, 1.82) is 0 Å². The number of nitrogens with one attached hydrogen (secondary N) is 1. The molecule has 2 rings (SSSR count). The zero-order valence-corrected chi connectivity index (χ0v) is 19.5. The molecule has 0 saturated heterocycles. The van der Waals surface area contributed by atoms with Gasteiger partial charge in [0.05, 0.1) is 12.5 Å². The van der Waals surface area contributed by atoms with Gasteiger partial charge in [0.15, 0.2) is 0 Å². The topological polar surface area (TPSA) is 80.8 Å². The Morgan fingerprint density at radius 3 is 2.52 bits per heavy atom. The van der Waals surface area contributed by atoms with E-state index in [1.807, 2.05) is 42.2 Å². The lowest BCUT2D eigenvalue weighted by atomic mass is 9.95. The second-order valence-corrected chi connectivity index (χ2v) is 8.15. The highest BCUT2D eigenvalue weighted by Gasteiger charge is 2.25. The Hall–Kier alpha value is -2.29. The van der Waals surface area contributed by atoms with E-state index in [-0.39, 0.29) is 17.7 Å². The van der Waals surface area contributed by atoms with E-state index < -0.39 is 0 Å². The van der Waals surface area contributed by atoms with Gasteiger partial charge in [0, 0.05) is 45.9 Å². The minimum Gasteiger partial charge on any atom is -0.385 e. The Bertz CT molecular complexity index is 797. The van der Waals surface area contributed by atoms with Gasteiger partial charge in [-0.2, -0.15) is 0 Å². The molecule has 1 atom stereocenters. The lowest BCUT2D eigenvalue weighted by Crippen LogP contribution is -2.36. The molecule has 0 saturated carbocycles. The molecule has 8 heteroatoms. The highest BCUT2D eigenvalue weighted by molar-refractivity contribution is 7.09. The van der Waals surface area contributed by atoms with Gasteiger partial charge in [-0.1, -0.05) is 37.3 Å². The number of carbonyl (C=O) groups excluding carboxylic acids is 2. The van der Waals surface area contributed by atoms with Crippen molar-refractivity contribution in [3.8, 4) is 0 Å². The summed E-state index contributed by atoms with van der Waals surface area (Å²) in [6, 6.07) is 9.86. The summed E-state index contributed by atoms with van der Waals surface area (Å²) in [4.78, 5) is 32.0. The predicted molar refractivity (Wildman–Crippen MR) is 122 cm³/mol. The lowest BCUT2D eigenvalue weighted by molar-refractivity contribution is -0.133. The molecule has 0 bridgehead atoms. The zero-order chi connectivity index (χ0) is 22.5. The Balaban J connectivity index is 2.07. The molecule has 1 N–H and O–H groups in total. The van der Waals surface area contributed by atoms with Crippen LogP contribution < -0.4 is 5.32 Å². The third-order valence-corrected chi connectivity index (χ3v) is 5.75. The summed E-state index contributed by atoms with van der Waals surface area (Å²) in [6.45, 7) is 4.70. The second kappa shape index (κ2) is 13.9. The van der Waals surface area contributed by atoms with Crippen molar-refractivity contribution >= 4 is 23.2 Å². The normalized spacial score (nSPS) is 11.8. The predicted octanol–water partition coefficient (Wildman–Crippen LogP) is 3.47. The first-order valence-corrected chi connectivity index (χ1v) is 11.5. The van der Waals surface area contributed by atoms with Crippen LogP contribution in [-0.2, 0) is 20.8 Å². The molecule has 0 radical (unpaired) electrons. The van der Waals surface area contributed by atoms with Crippen LogP contribution in [0.2, 0.25) is 0 Å². The average molecular weight is 448 g/mol. The van der Waals surface area contributed by atoms with Crippen molar-refractivity contribution < 1.29 is 19.1 Å². The minimum absolute atomic E-state index is 0.0746. The standard InChI is InChI=1S/C23H33N3O4S/c1-4-19(18-10-6-5-7-11-18)23(28)26(13-9-15-30-3)16-21-25-20(17-31-21)22(27)24-12-8-14-29-2/h5-7,10-11,17,19H,4,8-9,12-16H2,1-3H3,(H,24,27). The maximum Gasteiger partial charge on any atom is 0.270 e. The number of benzene rings is 1. The molecule has 0 aliphatic carbocycles. The molecule has 0 aliphatic heterocycles. The highest BCUT2D eigenvalue weighted by atomic mass is 32.1. The van der Waals surface area contributed by atoms with Crippen molar-refractivity contribution in [2.24, 2.45) is 0 Å². The molecule has 2 amide bonds. The highest BCUT2D eigenvalue weighted by Crippen LogP contribution is 2.24. The molecular formula is C23H33N3O4S. The SMILES string of the molecule is CCC(C(=O)N(CCCOC)Cc1nc(C(=O)NCCCOC)cs1)c1ccccc1. The van der Waals surface area contributed by atoms with Crippen LogP contribution in [0.3, 0.4) is 0 Å². The molecule has 1 aromatic carbocycles. The van der Waals surface area contributed by atoms with Gasteiger partial charge in [0.2, 0.25) is 5.91 Å². The fourth-order valence-corrected chi connectivity index (χ4v) is 4.07. The number of methoxy groups -OCH3 is 2. The molecule has 2 aromatic rings. The summed E-state index contributed by atoms with van der Waals surface area (Å²) in [5, 5.41) is 5.33. The molecule has 0 fully saturated rings. The van der Waals surface area contributed by atoms with Crippen LogP contribution in [0.5, 0.6) is 0 Å². The van der Waals surface area contributed by atoms with Crippen molar-refractivity contribution in [2.75, 3.05) is 40.5 Å². The first kappa shape index (κ1) is 25.0. The van der Waals surface area contributed by atoms with Crippen LogP contribution in [-0.4, -0.2) is 62.2 Å². The monoisotopic (exact) mass is 447 g/mol. The zero-order valence-electron chi connectivity index (χ0n) is 18.6. The van der Waals surface area contributed by atoms with Crippen LogP contribution in [0, 0.1) is 0 Å². The molecule has 0 spiro atoms. The largest absolute Gasteiger partial charge is 0.385 e. The van der Waals surface area contributed by atoms with Gasteiger partial charge in [0.25, 0.3) is 5.91 Å². The summed E-state index contributed by atoms with van der Waals surface area (Å²) in [5.41, 5.74) is 1.40. The number of hydrogen-bond donors (Lipinski definition) is 1. The van der Waals surface area contributed by atoms with Crippen molar-refractivity contribution in [2.45, 2.75) is 38.6 Å². The van der Waals surface area contributed by atoms with Gasteiger partial charge in [-0.05, 0) is 24.8 Å². The third kappa shape index (κ3) is 8.05. The molecule has 1 unspecified atom stereocenters. The van der Waals surface area contributed by atoms with Gasteiger partial charge in [-0.3, -0.25) is 9.59 Å². The summed E-state index contributed by atoms with van der Waals surface area (Å²) in [7, 11) is 3.29. The Morgan fingerprint density at radius 2 is 1.84 bits per heavy atom. The van der Waals surface area contributed by atoms with Gasteiger partial charge in [0.1, 0.15) is 10.7 Å². The summed E-state index contributed by atoms with van der Waals surface area (Å²) >= 11 is 1.40. The van der Waals surface area contributed by atoms with E-state index in [1.165, 1.54) is 11.3 Å². The number of nitrogens with zero attached hydrogens (tertiary/aromatic N) is 2. The molecule has 1 heterocycles. The van der Waals surface area contributed by atoms with E-state index >= 15 is 0 Å². The molecule has 0 aliphatic rings. The summed E-state index contributed by atoms with van der Waals surface area (Å²) < 4.78 is 10.2. The van der Waals surface area contributed by atoms with Crippen LogP contribution in [0.15, 0.2) is 35.7 Å². The number of amides is 2. The maximum absolute atomic E-state index is 13.4. The van der Waals surface area contributed by atoms with Crippen LogP contribution in [0.4, 0.5) is 0 Å². The third-order valence-electron chi connectivity index (χ3n) is 4.92. The smallest absolute Gasteiger partial charge is 0.270 e. The molecule has 170 valence electrons. The Labute approximate surface area is 188 Å². The number of hydrogen-bond acceptors (Lipinski definition) is 6. The van der Waals surface area contributed by atoms with Gasteiger partial charge in [-0.15, -0.1) is 11.3 Å². The second-order valence-electron chi connectivity index (χ2n) is 7.21. The summed E-state index contributed by atoms with van der Waals surface area (Å²) in [6.07, 6.45) is 2.21. The van der Waals surface area contributed by atoms with Crippen LogP contribution >= 0.6 is 11.3 Å². The van der Waals surface area contributed by atoms with E-state index in [2.05, 4.69) is 10.3 Å². The van der Waals surface area contributed by atoms with Crippen molar-refractivity contribution in [3.63, 3.8) is 0 Å². The quantitative estimate of drug-likeness (QED) is 0.449. The number of thiazole rings is 1. The summed E-state index contributed by atoms with van der Waals surface area (Å²) in [5.74, 6) is -0.329. The van der Waals surface area contributed by atoms with E-state index in [0.29, 0.717) is 38.5 Å². The fourth-order valence-electron chi connectivity index (χ4n) is 3.29.